The molecule has 0 spiro atoms. The van der Waals surface area contributed by atoms with Gasteiger partial charge >= 0.3 is 6.18 Å². The summed E-state index contributed by atoms with van der Waals surface area (Å²) in [7, 11) is 0. The Morgan fingerprint density at radius 1 is 1.39 bits per heavy atom. The molecule has 10 heteroatoms. The summed E-state index contributed by atoms with van der Waals surface area (Å²) < 4.78 is 53.9. The zero-order chi connectivity index (χ0) is 17.2. The van der Waals surface area contributed by atoms with E-state index in [2.05, 4.69) is 15.6 Å². The lowest BCUT2D eigenvalue weighted by Crippen LogP contribution is -2.38. The number of nitrogens with two attached hydrogens (primary N) is 1. The first-order valence-electron chi connectivity index (χ1n) is 6.54. The van der Waals surface area contributed by atoms with Crippen LogP contribution in [0.5, 0.6) is 0 Å². The first kappa shape index (κ1) is 16.9. The molecule has 0 aliphatic heterocycles. The molecule has 0 fully saturated rings. The number of hydrogen-bond donors (Lipinski definition) is 2. The van der Waals surface area contributed by atoms with Gasteiger partial charge in [0.1, 0.15) is 11.5 Å². The molecule has 0 aliphatic rings. The van der Waals surface area contributed by atoms with E-state index in [9.17, 15) is 22.4 Å². The zero-order valence-electron chi connectivity index (χ0n) is 11.9. The molecule has 2 aromatic rings. The Hall–Kier alpha value is -2.49. The van der Waals surface area contributed by atoms with Crippen molar-refractivity contribution >= 4 is 5.91 Å². The maximum atomic E-state index is 13.7. The van der Waals surface area contributed by atoms with Crippen LogP contribution >= 0.6 is 0 Å². The van der Waals surface area contributed by atoms with Gasteiger partial charge in [0.2, 0.25) is 0 Å². The van der Waals surface area contributed by atoms with E-state index in [1.165, 1.54) is 19.1 Å². The smallest absolute Gasteiger partial charge is 0.347 e. The fourth-order valence-corrected chi connectivity index (χ4v) is 1.83. The number of alkyl halides is 3. The summed E-state index contributed by atoms with van der Waals surface area (Å²) in [5.41, 5.74) is 2.45. The van der Waals surface area contributed by atoms with Gasteiger partial charge in [-0.1, -0.05) is 17.3 Å². The van der Waals surface area contributed by atoms with Crippen LogP contribution in [-0.2, 0) is 6.18 Å². The van der Waals surface area contributed by atoms with E-state index >= 15 is 0 Å². The number of aromatic nitrogens is 3. The van der Waals surface area contributed by atoms with Crippen molar-refractivity contribution in [2.24, 2.45) is 5.73 Å². The summed E-state index contributed by atoms with van der Waals surface area (Å²) in [6.45, 7) is 1.56. The van der Waals surface area contributed by atoms with Crippen LogP contribution in [0.1, 0.15) is 23.1 Å². The van der Waals surface area contributed by atoms with Gasteiger partial charge in [-0.2, -0.15) is 13.2 Å². The molecule has 1 aromatic heterocycles. The third-order valence-electron chi connectivity index (χ3n) is 2.97. The van der Waals surface area contributed by atoms with E-state index in [0.29, 0.717) is 0 Å². The van der Waals surface area contributed by atoms with E-state index in [4.69, 9.17) is 5.73 Å². The molecule has 1 amide bonds. The van der Waals surface area contributed by atoms with Crippen molar-refractivity contribution in [3.8, 4) is 5.69 Å². The van der Waals surface area contributed by atoms with Crippen molar-refractivity contribution < 1.29 is 22.4 Å². The number of benzene rings is 1. The van der Waals surface area contributed by atoms with Crippen LogP contribution in [0.3, 0.4) is 0 Å². The average Bonchev–Trinajstić information content (AvgIpc) is 2.92. The SMILES string of the molecule is C[C@@H](CN)NC(=O)c1nnn(-c2ccccc2F)c1C(F)(F)F. The number of nitrogens with one attached hydrogen (secondary N) is 1. The fourth-order valence-electron chi connectivity index (χ4n) is 1.83. The van der Waals surface area contributed by atoms with Crippen molar-refractivity contribution in [3.05, 3.63) is 41.5 Å². The molecule has 6 nitrogen and oxygen atoms in total. The topological polar surface area (TPSA) is 85.8 Å². The van der Waals surface area contributed by atoms with Gasteiger partial charge in [-0.25, -0.2) is 9.07 Å². The fraction of sp³-hybridized carbons (Fsp3) is 0.308. The molecule has 0 saturated carbocycles. The number of amides is 1. The monoisotopic (exact) mass is 331 g/mol. The number of carbonyl (C=O) groups excluding carboxylic acids is 1. The Labute approximate surface area is 128 Å². The van der Waals surface area contributed by atoms with Gasteiger partial charge in [0.25, 0.3) is 5.91 Å². The number of halogens is 4. The predicted octanol–water partition coefficient (Wildman–Crippen LogP) is 1.50. The van der Waals surface area contributed by atoms with Gasteiger partial charge in [-0.15, -0.1) is 5.10 Å². The minimum Gasteiger partial charge on any atom is -0.347 e. The lowest BCUT2D eigenvalue weighted by atomic mass is 10.2. The molecule has 0 aliphatic carbocycles. The minimum absolute atomic E-state index is 0.0363. The number of nitrogens with zero attached hydrogens (tertiary/aromatic N) is 3. The van der Waals surface area contributed by atoms with E-state index in [-0.39, 0.29) is 11.2 Å². The van der Waals surface area contributed by atoms with Crippen LogP contribution < -0.4 is 11.1 Å². The third-order valence-corrected chi connectivity index (χ3v) is 2.97. The van der Waals surface area contributed by atoms with Crippen LogP contribution in [-0.4, -0.2) is 33.5 Å². The molecule has 1 heterocycles. The van der Waals surface area contributed by atoms with Gasteiger partial charge in [-0.05, 0) is 19.1 Å². The summed E-state index contributed by atoms with van der Waals surface area (Å²) in [5.74, 6) is -2.01. The summed E-state index contributed by atoms with van der Waals surface area (Å²) >= 11 is 0. The molecule has 23 heavy (non-hydrogen) atoms. The maximum absolute atomic E-state index is 13.7. The molecule has 0 saturated heterocycles. The highest BCUT2D eigenvalue weighted by molar-refractivity contribution is 5.93. The van der Waals surface area contributed by atoms with Crippen LogP contribution in [0.25, 0.3) is 5.69 Å². The minimum atomic E-state index is -4.95. The van der Waals surface area contributed by atoms with Gasteiger partial charge in [-0.3, -0.25) is 4.79 Å². The molecule has 1 aromatic carbocycles. The second kappa shape index (κ2) is 6.32. The first-order chi connectivity index (χ1) is 10.8. The Balaban J connectivity index is 2.55. The third kappa shape index (κ3) is 3.47. The highest BCUT2D eigenvalue weighted by Gasteiger charge is 2.42. The summed E-state index contributed by atoms with van der Waals surface area (Å²) in [6.07, 6.45) is -4.95. The van der Waals surface area contributed by atoms with Crippen molar-refractivity contribution in [1.29, 1.82) is 0 Å². The molecule has 0 bridgehead atoms. The molecule has 2 rings (SSSR count). The normalized spacial score (nSPS) is 13.0. The Bertz CT molecular complexity index is 713. The highest BCUT2D eigenvalue weighted by Crippen LogP contribution is 2.33. The van der Waals surface area contributed by atoms with E-state index in [1.807, 2.05) is 0 Å². The molecule has 0 unspecified atom stereocenters. The number of para-hydroxylation sites is 1. The molecular formula is C13H13F4N5O. The second-order valence-electron chi connectivity index (χ2n) is 4.76. The van der Waals surface area contributed by atoms with Crippen molar-refractivity contribution in [1.82, 2.24) is 20.3 Å². The van der Waals surface area contributed by atoms with Crippen molar-refractivity contribution in [2.45, 2.75) is 19.1 Å². The standard InChI is InChI=1S/C13H13F4N5O/c1-7(6-18)19-12(23)10-11(13(15,16)17)22(21-20-10)9-5-3-2-4-8(9)14/h2-5,7H,6,18H2,1H3,(H,19,23)/t7-/m0/s1. The summed E-state index contributed by atoms with van der Waals surface area (Å²) in [4.78, 5) is 11.9. The van der Waals surface area contributed by atoms with Crippen LogP contribution in [0.15, 0.2) is 24.3 Å². The summed E-state index contributed by atoms with van der Waals surface area (Å²) in [6, 6.07) is 4.19. The van der Waals surface area contributed by atoms with E-state index < -0.39 is 41.0 Å². The average molecular weight is 331 g/mol. The van der Waals surface area contributed by atoms with Gasteiger partial charge in [0.15, 0.2) is 11.4 Å². The first-order valence-corrected chi connectivity index (χ1v) is 6.54. The zero-order valence-corrected chi connectivity index (χ0v) is 11.9. The Morgan fingerprint density at radius 2 is 2.04 bits per heavy atom. The van der Waals surface area contributed by atoms with E-state index in [1.54, 1.807) is 0 Å². The predicted molar refractivity (Wildman–Crippen MR) is 72.3 cm³/mol. The molecule has 1 atom stereocenters. The van der Waals surface area contributed by atoms with Crippen molar-refractivity contribution in [2.75, 3.05) is 6.54 Å². The molecular weight excluding hydrogens is 318 g/mol. The Kier molecular flexibility index (Phi) is 4.64. The van der Waals surface area contributed by atoms with E-state index in [0.717, 1.165) is 12.1 Å². The Morgan fingerprint density at radius 3 is 2.61 bits per heavy atom. The van der Waals surface area contributed by atoms with Crippen molar-refractivity contribution in [3.63, 3.8) is 0 Å². The van der Waals surface area contributed by atoms with Gasteiger partial charge in [0, 0.05) is 12.6 Å². The van der Waals surface area contributed by atoms with Crippen LogP contribution in [0.2, 0.25) is 0 Å². The second-order valence-corrected chi connectivity index (χ2v) is 4.76. The number of rotatable bonds is 4. The lowest BCUT2D eigenvalue weighted by Gasteiger charge is -2.13. The van der Waals surface area contributed by atoms with Crippen LogP contribution in [0, 0.1) is 5.82 Å². The van der Waals surface area contributed by atoms with Crippen LogP contribution in [0.4, 0.5) is 17.6 Å². The number of hydrogen-bond acceptors (Lipinski definition) is 4. The van der Waals surface area contributed by atoms with Gasteiger partial charge < -0.3 is 11.1 Å². The lowest BCUT2D eigenvalue weighted by molar-refractivity contribution is -0.143. The quantitative estimate of drug-likeness (QED) is 0.832. The largest absolute Gasteiger partial charge is 0.435 e. The number of carbonyl (C=O) groups is 1. The van der Waals surface area contributed by atoms with Gasteiger partial charge in [0.05, 0.1) is 0 Å². The maximum Gasteiger partial charge on any atom is 0.435 e. The molecule has 0 radical (unpaired) electrons. The highest BCUT2D eigenvalue weighted by atomic mass is 19.4. The summed E-state index contributed by atoms with van der Waals surface area (Å²) in [5, 5.41) is 8.81. The molecule has 124 valence electrons. The molecule has 3 N–H and O–H groups in total.